The first-order valence-electron chi connectivity index (χ1n) is 16.0. The Morgan fingerprint density at radius 2 is 1.89 bits per heavy atom. The lowest BCUT2D eigenvalue weighted by Gasteiger charge is -2.49. The lowest BCUT2D eigenvalue weighted by Crippen LogP contribution is -2.60. The molecule has 47 heavy (non-hydrogen) atoms. The molecule has 5 aromatic rings. The van der Waals surface area contributed by atoms with Crippen LogP contribution in [0, 0.1) is 19.7 Å². The molecule has 2 unspecified atom stereocenters. The number of H-pyrrole nitrogens is 1. The standard InChI is InChI=1S/C36H38FN7O3/c1-8-27(45)42-17-22-10-11-23-32(43(22)16-21(42)6)24-15-25(37)30(28-19(4)9-12-26-33(28)41(7)36(47)39-26)40-34(24)44(35(23)46)31-20(5)13-14-38-29(31)18(2)3/h8-9,12-15,18,21-22H,1,10-11,16-17H2,2-7H3,(H,39,47). The second-order valence-corrected chi connectivity index (χ2v) is 13.2. The molecule has 4 aromatic heterocycles. The predicted octanol–water partition coefficient (Wildman–Crippen LogP) is 5.04. The topological polar surface area (TPSA) is 109 Å². The number of nitrogens with one attached hydrogen (secondary N) is 1. The Morgan fingerprint density at radius 1 is 1.13 bits per heavy atom. The summed E-state index contributed by atoms with van der Waals surface area (Å²) in [6.07, 6.45) is 4.22. The third-order valence-corrected chi connectivity index (χ3v) is 9.91. The smallest absolute Gasteiger partial charge is 0.326 e. The molecule has 6 heterocycles. The highest BCUT2D eigenvalue weighted by Gasteiger charge is 2.39. The molecule has 1 N–H and O–H groups in total. The van der Waals surface area contributed by atoms with E-state index in [4.69, 9.17) is 9.97 Å². The van der Waals surface area contributed by atoms with Crippen LogP contribution in [0.1, 0.15) is 55.5 Å². The Labute approximate surface area is 271 Å². The van der Waals surface area contributed by atoms with Crippen molar-refractivity contribution in [3.63, 3.8) is 0 Å². The van der Waals surface area contributed by atoms with Crippen molar-refractivity contribution in [2.24, 2.45) is 7.05 Å². The highest BCUT2D eigenvalue weighted by atomic mass is 19.1. The average molecular weight is 636 g/mol. The molecule has 0 spiro atoms. The van der Waals surface area contributed by atoms with Crippen molar-refractivity contribution < 1.29 is 9.18 Å². The summed E-state index contributed by atoms with van der Waals surface area (Å²) < 4.78 is 19.8. The van der Waals surface area contributed by atoms with Crippen LogP contribution in [0.4, 0.5) is 10.1 Å². The van der Waals surface area contributed by atoms with E-state index >= 15 is 4.39 Å². The number of aromatic nitrogens is 5. The summed E-state index contributed by atoms with van der Waals surface area (Å²) in [6, 6.07) is 6.78. The third-order valence-electron chi connectivity index (χ3n) is 9.91. The fraction of sp³-hybridized carbons (Fsp3) is 0.361. The predicted molar refractivity (Wildman–Crippen MR) is 182 cm³/mol. The molecular formula is C36H38FN7O3. The number of aryl methyl sites for hydroxylation is 3. The number of rotatable bonds is 4. The van der Waals surface area contributed by atoms with E-state index in [1.165, 1.54) is 16.7 Å². The number of carbonyl (C=O) groups excluding carboxylic acids is 1. The Bertz CT molecular complexity index is 2260. The molecule has 0 bridgehead atoms. The van der Waals surface area contributed by atoms with Crippen LogP contribution in [0.5, 0.6) is 0 Å². The van der Waals surface area contributed by atoms with Gasteiger partial charge in [-0.05, 0) is 74.9 Å². The first-order valence-corrected chi connectivity index (χ1v) is 16.0. The summed E-state index contributed by atoms with van der Waals surface area (Å²) in [5, 5.41) is 0.520. The summed E-state index contributed by atoms with van der Waals surface area (Å²) >= 11 is 0. The Kier molecular flexibility index (Phi) is 7.18. The van der Waals surface area contributed by atoms with Crippen molar-refractivity contribution in [1.29, 1.82) is 0 Å². The maximum absolute atomic E-state index is 16.7. The molecule has 11 heteroatoms. The summed E-state index contributed by atoms with van der Waals surface area (Å²) in [4.78, 5) is 56.8. The second kappa shape index (κ2) is 11.0. The summed E-state index contributed by atoms with van der Waals surface area (Å²) in [6.45, 7) is 14.5. The van der Waals surface area contributed by atoms with E-state index in [9.17, 15) is 14.4 Å². The van der Waals surface area contributed by atoms with Gasteiger partial charge in [0.25, 0.3) is 5.56 Å². The second-order valence-electron chi connectivity index (χ2n) is 13.2. The van der Waals surface area contributed by atoms with Gasteiger partial charge in [0, 0.05) is 54.9 Å². The van der Waals surface area contributed by atoms with Crippen molar-refractivity contribution in [3.05, 3.63) is 92.2 Å². The van der Waals surface area contributed by atoms with Crippen molar-refractivity contribution in [2.75, 3.05) is 18.0 Å². The fourth-order valence-corrected chi connectivity index (χ4v) is 7.57. The SMILES string of the molecule is C=CC(=O)N1CC2CCc3c(c4cc(F)c(-c5c(C)ccc6[nH]c(=O)n(C)c56)nc4n(-c4c(C)ccnc4C(C)C)c3=O)N2CC1C. The third kappa shape index (κ3) is 4.54. The lowest BCUT2D eigenvalue weighted by molar-refractivity contribution is -0.129. The number of nitrogens with zero attached hydrogens (tertiary/aromatic N) is 6. The molecule has 10 nitrogen and oxygen atoms in total. The molecule has 7 rings (SSSR count). The summed E-state index contributed by atoms with van der Waals surface area (Å²) in [5.41, 5.74) is 5.67. The van der Waals surface area contributed by atoms with Gasteiger partial charge in [0.1, 0.15) is 17.2 Å². The minimum atomic E-state index is -0.559. The van der Waals surface area contributed by atoms with E-state index < -0.39 is 5.82 Å². The highest BCUT2D eigenvalue weighted by Crippen LogP contribution is 2.41. The molecule has 1 saturated heterocycles. The first-order chi connectivity index (χ1) is 22.4. The zero-order valence-corrected chi connectivity index (χ0v) is 27.5. The highest BCUT2D eigenvalue weighted by molar-refractivity contribution is 5.98. The van der Waals surface area contributed by atoms with Crippen molar-refractivity contribution in [1.82, 2.24) is 29.0 Å². The quantitative estimate of drug-likeness (QED) is 0.277. The molecule has 1 aromatic carbocycles. The van der Waals surface area contributed by atoms with Crippen LogP contribution >= 0.6 is 0 Å². The van der Waals surface area contributed by atoms with Gasteiger partial charge in [-0.3, -0.25) is 23.7 Å². The van der Waals surface area contributed by atoms with Crippen LogP contribution in [0.25, 0.3) is 39.0 Å². The number of hydrogen-bond acceptors (Lipinski definition) is 6. The number of amides is 1. The van der Waals surface area contributed by atoms with Gasteiger partial charge in [-0.1, -0.05) is 26.5 Å². The molecule has 2 aliphatic heterocycles. The van der Waals surface area contributed by atoms with Gasteiger partial charge in [0.2, 0.25) is 5.91 Å². The lowest BCUT2D eigenvalue weighted by atomic mass is 9.91. The fourth-order valence-electron chi connectivity index (χ4n) is 7.57. The van der Waals surface area contributed by atoms with Gasteiger partial charge in [0.05, 0.1) is 28.1 Å². The van der Waals surface area contributed by atoms with E-state index in [2.05, 4.69) is 16.5 Å². The number of piperazine rings is 1. The van der Waals surface area contributed by atoms with Gasteiger partial charge < -0.3 is 14.8 Å². The Morgan fingerprint density at radius 3 is 2.62 bits per heavy atom. The molecule has 1 fully saturated rings. The number of benzene rings is 1. The molecule has 242 valence electrons. The van der Waals surface area contributed by atoms with Gasteiger partial charge in [-0.25, -0.2) is 14.2 Å². The van der Waals surface area contributed by atoms with Gasteiger partial charge in [0.15, 0.2) is 0 Å². The van der Waals surface area contributed by atoms with Gasteiger partial charge in [-0.2, -0.15) is 0 Å². The maximum Gasteiger partial charge on any atom is 0.326 e. The minimum absolute atomic E-state index is 0.00567. The van der Waals surface area contributed by atoms with Crippen molar-refractivity contribution in [3.8, 4) is 16.9 Å². The van der Waals surface area contributed by atoms with E-state index in [-0.39, 0.29) is 40.9 Å². The molecular weight excluding hydrogens is 597 g/mol. The van der Waals surface area contributed by atoms with Crippen LogP contribution in [0.15, 0.2) is 52.7 Å². The van der Waals surface area contributed by atoms with E-state index in [0.717, 1.165) is 16.8 Å². The van der Waals surface area contributed by atoms with Crippen molar-refractivity contribution in [2.45, 2.75) is 65.5 Å². The van der Waals surface area contributed by atoms with E-state index in [1.807, 2.05) is 51.7 Å². The summed E-state index contributed by atoms with van der Waals surface area (Å²) in [7, 11) is 1.64. The maximum atomic E-state index is 16.7. The average Bonchev–Trinajstić information content (AvgIpc) is 3.33. The van der Waals surface area contributed by atoms with Crippen LogP contribution in [0.2, 0.25) is 0 Å². The van der Waals surface area contributed by atoms with Crippen LogP contribution in [-0.2, 0) is 18.3 Å². The first kappa shape index (κ1) is 30.6. The minimum Gasteiger partial charge on any atom is -0.364 e. The molecule has 0 saturated carbocycles. The van der Waals surface area contributed by atoms with Crippen LogP contribution in [0.3, 0.4) is 0 Å². The number of pyridine rings is 3. The Balaban J connectivity index is 1.59. The number of halogens is 1. The monoisotopic (exact) mass is 635 g/mol. The van der Waals surface area contributed by atoms with Crippen LogP contribution in [-0.4, -0.2) is 60.1 Å². The number of carbonyl (C=O) groups is 1. The number of hydrogen-bond donors (Lipinski definition) is 1. The number of anilines is 1. The summed E-state index contributed by atoms with van der Waals surface area (Å²) in [5.74, 6) is -0.691. The molecule has 0 radical (unpaired) electrons. The molecule has 2 atom stereocenters. The van der Waals surface area contributed by atoms with E-state index in [0.29, 0.717) is 70.5 Å². The van der Waals surface area contributed by atoms with Crippen LogP contribution < -0.4 is 16.1 Å². The zero-order valence-electron chi connectivity index (χ0n) is 27.5. The molecule has 0 aliphatic carbocycles. The largest absolute Gasteiger partial charge is 0.364 e. The number of imidazole rings is 1. The van der Waals surface area contributed by atoms with Gasteiger partial charge >= 0.3 is 5.69 Å². The normalized spacial score (nSPS) is 17.8. The zero-order chi connectivity index (χ0) is 33.5. The molecule has 1 amide bonds. The van der Waals surface area contributed by atoms with Crippen molar-refractivity contribution >= 4 is 33.7 Å². The molecule has 2 aliphatic rings. The van der Waals surface area contributed by atoms with Gasteiger partial charge in [-0.15, -0.1) is 0 Å². The number of aromatic amines is 1. The van der Waals surface area contributed by atoms with E-state index in [1.54, 1.807) is 23.9 Å². The number of fused-ring (bicyclic) bond motifs is 6. The Hall–Kier alpha value is -5.06.